The average molecular weight is 628 g/mol. The molecule has 2 bridgehead atoms. The number of benzene rings is 2. The summed E-state index contributed by atoms with van der Waals surface area (Å²) in [5.41, 5.74) is 11.3. The lowest BCUT2D eigenvalue weighted by molar-refractivity contribution is 0.0700. The normalized spacial score (nSPS) is 22.3. The van der Waals surface area contributed by atoms with Crippen LogP contribution in [0.5, 0.6) is 5.75 Å². The van der Waals surface area contributed by atoms with Gasteiger partial charge in [-0.15, -0.1) is 0 Å². The maximum Gasteiger partial charge on any atom is 0.254 e. The molecule has 5 heterocycles. The van der Waals surface area contributed by atoms with Crippen LogP contribution in [0.4, 0.5) is 5.82 Å². The topological polar surface area (TPSA) is 131 Å². The lowest BCUT2D eigenvalue weighted by Gasteiger charge is -2.40. The van der Waals surface area contributed by atoms with E-state index < -0.39 is 0 Å². The molecule has 9 rings (SSSR count). The summed E-state index contributed by atoms with van der Waals surface area (Å²) in [6.07, 6.45) is 7.75. The van der Waals surface area contributed by atoms with Gasteiger partial charge < -0.3 is 29.4 Å². The number of rotatable bonds is 8. The van der Waals surface area contributed by atoms with Crippen molar-refractivity contribution in [3.63, 3.8) is 0 Å². The highest BCUT2D eigenvalue weighted by Gasteiger charge is 2.47. The minimum Gasteiger partial charge on any atom is -0.494 e. The highest BCUT2D eigenvalue weighted by atomic mass is 16.5. The van der Waals surface area contributed by atoms with E-state index in [1.54, 1.807) is 13.3 Å². The van der Waals surface area contributed by atoms with Gasteiger partial charge in [-0.2, -0.15) is 5.26 Å². The first-order valence-electron chi connectivity index (χ1n) is 16.7. The summed E-state index contributed by atoms with van der Waals surface area (Å²) in [5.74, 6) is 3.61. The summed E-state index contributed by atoms with van der Waals surface area (Å²) in [6.45, 7) is 3.95. The molecule has 2 aromatic carbocycles. The van der Waals surface area contributed by atoms with Crippen molar-refractivity contribution in [1.82, 2.24) is 29.0 Å². The summed E-state index contributed by atoms with van der Waals surface area (Å²) >= 11 is 0. The predicted molar refractivity (Wildman–Crippen MR) is 178 cm³/mol. The van der Waals surface area contributed by atoms with Gasteiger partial charge in [0.05, 0.1) is 30.7 Å². The second-order valence-corrected chi connectivity index (χ2v) is 13.8. The molecule has 47 heavy (non-hydrogen) atoms. The molecule has 1 amide bonds. The van der Waals surface area contributed by atoms with Gasteiger partial charge in [-0.25, -0.2) is 9.97 Å². The van der Waals surface area contributed by atoms with Gasteiger partial charge in [0.2, 0.25) is 0 Å². The first kappa shape index (κ1) is 28.3. The first-order chi connectivity index (χ1) is 23.0. The second-order valence-electron chi connectivity index (χ2n) is 13.8. The van der Waals surface area contributed by atoms with Crippen LogP contribution in [0.25, 0.3) is 33.5 Å². The van der Waals surface area contributed by atoms with Gasteiger partial charge in [0, 0.05) is 67.2 Å². The number of ether oxygens (including phenoxy) is 1. The van der Waals surface area contributed by atoms with Crippen LogP contribution >= 0.6 is 0 Å². The summed E-state index contributed by atoms with van der Waals surface area (Å²) < 4.78 is 10.8. The van der Waals surface area contributed by atoms with E-state index in [1.807, 2.05) is 17.0 Å². The van der Waals surface area contributed by atoms with Crippen LogP contribution in [-0.2, 0) is 13.1 Å². The number of aromatic nitrogens is 5. The highest BCUT2D eigenvalue weighted by molar-refractivity contribution is 6.00. The number of methoxy groups -OCH3 is 1. The number of carbonyl (C=O) groups is 1. The number of hydrogen-bond acceptors (Lipinski definition) is 8. The van der Waals surface area contributed by atoms with Gasteiger partial charge in [0.1, 0.15) is 23.2 Å². The Hall–Kier alpha value is -4.95. The molecule has 2 aliphatic carbocycles. The average Bonchev–Trinajstić information content (AvgIpc) is 3.44. The summed E-state index contributed by atoms with van der Waals surface area (Å²) in [4.78, 5) is 32.0. The van der Waals surface area contributed by atoms with Crippen LogP contribution in [0.2, 0.25) is 0 Å². The van der Waals surface area contributed by atoms with Gasteiger partial charge in [-0.05, 0) is 61.8 Å². The Kier molecular flexibility index (Phi) is 6.51. The molecule has 2 aliphatic heterocycles. The van der Waals surface area contributed by atoms with E-state index in [4.69, 9.17) is 15.5 Å². The monoisotopic (exact) mass is 627 g/mol. The van der Waals surface area contributed by atoms with Gasteiger partial charge in [-0.1, -0.05) is 18.2 Å². The number of nitrogens with zero attached hydrogens (tertiary/aromatic N) is 8. The number of imidazole rings is 1. The number of nitriles is 1. The van der Waals surface area contributed by atoms with Crippen LogP contribution in [0, 0.1) is 29.1 Å². The first-order valence-corrected chi connectivity index (χ1v) is 16.7. The molecule has 11 heteroatoms. The number of fused-ring (bicyclic) bond motifs is 4. The molecule has 3 atom stereocenters. The van der Waals surface area contributed by atoms with Crippen molar-refractivity contribution in [3.8, 4) is 23.3 Å². The van der Waals surface area contributed by atoms with Crippen molar-refractivity contribution in [2.75, 3.05) is 31.6 Å². The molecule has 0 radical (unpaired) electrons. The molecule has 3 aromatic heterocycles. The molecule has 5 aromatic rings. The molecule has 2 N–H and O–H groups in total. The second kappa shape index (κ2) is 10.8. The van der Waals surface area contributed by atoms with E-state index in [1.165, 1.54) is 29.9 Å². The van der Waals surface area contributed by atoms with Crippen molar-refractivity contribution in [3.05, 3.63) is 66.1 Å². The molecule has 4 aliphatic rings. The molecular formula is C36H37N9O2. The Balaban J connectivity index is 1.14. The fraction of sp³-hybridized carbons (Fsp3) is 0.417. The number of carbonyl (C=O) groups excluding carboxylic acids is 1. The maximum atomic E-state index is 13.9. The minimum atomic E-state index is 0.00198. The van der Waals surface area contributed by atoms with Crippen LogP contribution in [0.3, 0.4) is 0 Å². The SMILES string of the molecule is COc1cc(C(=O)N2CC3CCC2[C@@H]3N)cc2nc(-c3cc4ccccc4n3CC3CC3)n(CC3CN(c4cncc(C#N)n4)C3)c12. The fourth-order valence-electron chi connectivity index (χ4n) is 8.17. The van der Waals surface area contributed by atoms with Crippen molar-refractivity contribution >= 4 is 33.7 Å². The third-order valence-corrected chi connectivity index (χ3v) is 10.8. The van der Waals surface area contributed by atoms with Crippen molar-refractivity contribution in [1.29, 1.82) is 5.26 Å². The van der Waals surface area contributed by atoms with E-state index in [2.05, 4.69) is 60.4 Å². The van der Waals surface area contributed by atoms with Crippen molar-refractivity contribution in [2.24, 2.45) is 23.5 Å². The summed E-state index contributed by atoms with van der Waals surface area (Å²) in [5, 5.41) is 10.5. The zero-order valence-corrected chi connectivity index (χ0v) is 26.4. The Bertz CT molecular complexity index is 2080. The molecule has 2 unspecified atom stereocenters. The molecule has 11 nitrogen and oxygen atoms in total. The lowest BCUT2D eigenvalue weighted by atomic mass is 10.00. The minimum absolute atomic E-state index is 0.00198. The smallest absolute Gasteiger partial charge is 0.254 e. The number of hydrogen-bond donors (Lipinski definition) is 1. The Morgan fingerprint density at radius 1 is 1.00 bits per heavy atom. The molecule has 4 fully saturated rings. The number of likely N-dealkylation sites (tertiary alicyclic amines) is 1. The standard InChI is InChI=1S/C36H37N9O2/c1-47-31-12-25(36(46)44-20-24-8-9-29(44)33(24)38)10-27-34(31)45(19-22-16-42(17-22)32-15-39-14-26(13-37)40-32)35(41-27)30-11-23-4-2-3-5-28(23)43(30)18-21-6-7-21/h2-5,10-12,14-15,21-22,24,29,33H,6-9,16-20,38H2,1H3/t24?,29?,33-/m1/s1. The fourth-order valence-corrected chi connectivity index (χ4v) is 8.17. The van der Waals surface area contributed by atoms with E-state index in [9.17, 15) is 10.1 Å². The number of para-hydroxylation sites is 1. The molecule has 0 spiro atoms. The summed E-state index contributed by atoms with van der Waals surface area (Å²) in [6, 6.07) is 16.9. The van der Waals surface area contributed by atoms with E-state index in [-0.39, 0.29) is 18.0 Å². The van der Waals surface area contributed by atoms with E-state index in [0.29, 0.717) is 47.9 Å². The zero-order valence-electron chi connectivity index (χ0n) is 26.4. The predicted octanol–water partition coefficient (Wildman–Crippen LogP) is 4.44. The Labute approximate surface area is 272 Å². The number of amides is 1. The van der Waals surface area contributed by atoms with Crippen molar-refractivity contribution in [2.45, 2.75) is 50.9 Å². The van der Waals surface area contributed by atoms with Crippen LogP contribution in [0.15, 0.2) is 54.9 Å². The van der Waals surface area contributed by atoms with Gasteiger partial charge in [0.25, 0.3) is 5.91 Å². The Morgan fingerprint density at radius 2 is 1.83 bits per heavy atom. The highest BCUT2D eigenvalue weighted by Crippen LogP contribution is 2.41. The van der Waals surface area contributed by atoms with E-state index >= 15 is 0 Å². The van der Waals surface area contributed by atoms with Gasteiger partial charge in [0.15, 0.2) is 11.5 Å². The maximum absolute atomic E-state index is 13.9. The largest absolute Gasteiger partial charge is 0.494 e. The van der Waals surface area contributed by atoms with Gasteiger partial charge in [-0.3, -0.25) is 9.78 Å². The van der Waals surface area contributed by atoms with Crippen LogP contribution in [-0.4, -0.2) is 73.7 Å². The molecular weight excluding hydrogens is 590 g/mol. The number of nitrogens with two attached hydrogens (primary N) is 1. The third kappa shape index (κ3) is 4.65. The number of piperidine rings is 1. The molecule has 2 saturated heterocycles. The quantitative estimate of drug-likeness (QED) is 0.267. The van der Waals surface area contributed by atoms with Crippen LogP contribution < -0.4 is 15.4 Å². The molecule has 238 valence electrons. The third-order valence-electron chi connectivity index (χ3n) is 10.8. The zero-order chi connectivity index (χ0) is 31.8. The van der Waals surface area contributed by atoms with Crippen LogP contribution in [0.1, 0.15) is 41.7 Å². The summed E-state index contributed by atoms with van der Waals surface area (Å²) in [7, 11) is 1.67. The van der Waals surface area contributed by atoms with Gasteiger partial charge >= 0.3 is 0 Å². The molecule has 2 saturated carbocycles. The van der Waals surface area contributed by atoms with E-state index in [0.717, 1.165) is 60.8 Å². The lowest BCUT2D eigenvalue weighted by Crippen LogP contribution is -2.49. The van der Waals surface area contributed by atoms with Crippen molar-refractivity contribution < 1.29 is 9.53 Å². The number of anilines is 1. The Morgan fingerprint density at radius 3 is 2.57 bits per heavy atom.